The molecule has 1 saturated heterocycles. The highest BCUT2D eigenvalue weighted by molar-refractivity contribution is 7.80. The van der Waals surface area contributed by atoms with Crippen LogP contribution in [0.1, 0.15) is 19.3 Å². The molecule has 0 aromatic rings. The molecular formula is C13H25N3O2S. The van der Waals surface area contributed by atoms with Crippen molar-refractivity contribution in [1.29, 1.82) is 0 Å². The molecule has 19 heavy (non-hydrogen) atoms. The van der Waals surface area contributed by atoms with E-state index in [2.05, 4.69) is 4.90 Å². The Labute approximate surface area is 121 Å². The van der Waals surface area contributed by atoms with Gasteiger partial charge in [0.2, 0.25) is 5.91 Å². The third kappa shape index (κ3) is 6.31. The molecule has 110 valence electrons. The lowest BCUT2D eigenvalue weighted by atomic mass is 9.99. The van der Waals surface area contributed by atoms with Crippen LogP contribution >= 0.6 is 12.2 Å². The molecule has 1 heterocycles. The van der Waals surface area contributed by atoms with Gasteiger partial charge in [0.25, 0.3) is 0 Å². The summed E-state index contributed by atoms with van der Waals surface area (Å²) in [5.41, 5.74) is 5.45. The van der Waals surface area contributed by atoms with Crippen molar-refractivity contribution in [2.75, 3.05) is 46.9 Å². The summed E-state index contributed by atoms with van der Waals surface area (Å²) < 4.78 is 5.20. The molecule has 1 unspecified atom stereocenters. The zero-order chi connectivity index (χ0) is 14.3. The third-order valence-corrected chi connectivity index (χ3v) is 3.69. The molecule has 1 amide bonds. The quantitative estimate of drug-likeness (QED) is 0.690. The van der Waals surface area contributed by atoms with Crippen LogP contribution in [0.25, 0.3) is 0 Å². The highest BCUT2D eigenvalue weighted by atomic mass is 32.1. The van der Waals surface area contributed by atoms with Gasteiger partial charge in [0.15, 0.2) is 0 Å². The summed E-state index contributed by atoms with van der Waals surface area (Å²) in [6.07, 6.45) is 2.91. The molecule has 1 rings (SSSR count). The number of ether oxygens (including phenoxy) is 1. The number of thiocarbonyl (C=S) groups is 1. The lowest BCUT2D eigenvalue weighted by molar-refractivity contribution is -0.131. The van der Waals surface area contributed by atoms with Gasteiger partial charge in [-0.15, -0.1) is 0 Å². The van der Waals surface area contributed by atoms with E-state index in [-0.39, 0.29) is 5.91 Å². The molecule has 0 aromatic heterocycles. The Morgan fingerprint density at radius 1 is 1.58 bits per heavy atom. The van der Waals surface area contributed by atoms with Crippen molar-refractivity contribution in [2.24, 2.45) is 11.7 Å². The van der Waals surface area contributed by atoms with Gasteiger partial charge in [-0.25, -0.2) is 0 Å². The van der Waals surface area contributed by atoms with Crippen molar-refractivity contribution < 1.29 is 9.53 Å². The lowest BCUT2D eigenvalue weighted by Crippen LogP contribution is -2.44. The second kappa shape index (κ2) is 8.45. The molecule has 0 spiro atoms. The first-order valence-corrected chi connectivity index (χ1v) is 7.17. The first-order valence-electron chi connectivity index (χ1n) is 6.76. The van der Waals surface area contributed by atoms with Crippen molar-refractivity contribution in [2.45, 2.75) is 19.3 Å². The van der Waals surface area contributed by atoms with E-state index in [1.54, 1.807) is 19.1 Å². The normalized spacial score (nSPS) is 20.2. The number of carbonyl (C=O) groups excluding carboxylic acids is 1. The highest BCUT2D eigenvalue weighted by Crippen LogP contribution is 2.16. The number of piperidine rings is 1. The fourth-order valence-electron chi connectivity index (χ4n) is 2.38. The predicted molar refractivity (Wildman–Crippen MR) is 80.1 cm³/mol. The average molecular weight is 287 g/mol. The fraction of sp³-hybridized carbons (Fsp3) is 0.846. The van der Waals surface area contributed by atoms with Gasteiger partial charge >= 0.3 is 0 Å². The van der Waals surface area contributed by atoms with E-state index in [9.17, 15) is 4.79 Å². The second-order valence-corrected chi connectivity index (χ2v) is 5.75. The van der Waals surface area contributed by atoms with Crippen molar-refractivity contribution in [1.82, 2.24) is 9.80 Å². The molecule has 0 radical (unpaired) electrons. The molecule has 1 fully saturated rings. The number of nitrogens with two attached hydrogens (primary N) is 1. The van der Waals surface area contributed by atoms with E-state index in [1.165, 1.54) is 6.42 Å². The summed E-state index contributed by atoms with van der Waals surface area (Å²) in [5, 5.41) is 0. The number of hydrogen-bond donors (Lipinski definition) is 1. The fourth-order valence-corrected chi connectivity index (χ4v) is 2.47. The van der Waals surface area contributed by atoms with Crippen molar-refractivity contribution in [3.05, 3.63) is 0 Å². The minimum absolute atomic E-state index is 0.134. The first-order chi connectivity index (χ1) is 9.02. The van der Waals surface area contributed by atoms with E-state index in [4.69, 9.17) is 22.7 Å². The number of likely N-dealkylation sites (tertiary alicyclic amines) is 1. The molecule has 0 bridgehead atoms. The predicted octanol–water partition coefficient (Wildman–Crippen LogP) is 0.479. The molecule has 6 heteroatoms. The first kappa shape index (κ1) is 16.3. The molecule has 2 N–H and O–H groups in total. The smallest absolute Gasteiger partial charge is 0.236 e. The Kier molecular flexibility index (Phi) is 7.27. The van der Waals surface area contributed by atoms with Crippen LogP contribution < -0.4 is 5.73 Å². The number of methoxy groups -OCH3 is 1. The summed E-state index contributed by atoms with van der Waals surface area (Å²) in [4.78, 5) is 16.4. The van der Waals surface area contributed by atoms with Gasteiger partial charge in [-0.1, -0.05) is 12.2 Å². The van der Waals surface area contributed by atoms with Gasteiger partial charge in [-0.3, -0.25) is 9.69 Å². The number of likely N-dealkylation sites (N-methyl/N-ethyl adjacent to an activating group) is 1. The van der Waals surface area contributed by atoms with Crippen LogP contribution in [0.3, 0.4) is 0 Å². The Hall–Kier alpha value is -0.720. The molecule has 1 aliphatic heterocycles. The number of rotatable bonds is 7. The van der Waals surface area contributed by atoms with E-state index in [0.717, 1.165) is 26.1 Å². The summed E-state index contributed by atoms with van der Waals surface area (Å²) in [7, 11) is 3.53. The summed E-state index contributed by atoms with van der Waals surface area (Å²) in [6.45, 7) is 3.80. The van der Waals surface area contributed by atoms with Crippen LogP contribution in [0.4, 0.5) is 0 Å². The van der Waals surface area contributed by atoms with Crippen molar-refractivity contribution in [3.8, 4) is 0 Å². The number of amides is 1. The largest absolute Gasteiger partial charge is 0.393 e. The van der Waals surface area contributed by atoms with Crippen molar-refractivity contribution in [3.63, 3.8) is 0 Å². The number of carbonyl (C=O) groups is 1. The maximum Gasteiger partial charge on any atom is 0.236 e. The zero-order valence-corrected chi connectivity index (χ0v) is 12.7. The van der Waals surface area contributed by atoms with Gasteiger partial charge in [-0.05, 0) is 25.3 Å². The zero-order valence-electron chi connectivity index (χ0n) is 11.9. The van der Waals surface area contributed by atoms with Crippen LogP contribution in [-0.2, 0) is 9.53 Å². The molecule has 0 saturated carbocycles. The van der Waals surface area contributed by atoms with Gasteiger partial charge in [0, 0.05) is 33.7 Å². The number of nitrogens with zero attached hydrogens (tertiary/aromatic N) is 2. The van der Waals surface area contributed by atoms with E-state index in [1.807, 2.05) is 0 Å². The van der Waals surface area contributed by atoms with Crippen LogP contribution in [0, 0.1) is 5.92 Å². The van der Waals surface area contributed by atoms with Crippen LogP contribution in [0.15, 0.2) is 0 Å². The van der Waals surface area contributed by atoms with E-state index in [0.29, 0.717) is 30.4 Å². The average Bonchev–Trinajstić information content (AvgIpc) is 2.36. The minimum atomic E-state index is 0.134. The van der Waals surface area contributed by atoms with E-state index >= 15 is 0 Å². The monoisotopic (exact) mass is 287 g/mol. The summed E-state index contributed by atoms with van der Waals surface area (Å²) >= 11 is 4.82. The van der Waals surface area contributed by atoms with Crippen LogP contribution in [0.5, 0.6) is 0 Å². The molecule has 1 atom stereocenters. The standard InChI is InChI=1S/C13H25N3O2S/c1-15(7-5-12(14)19)13(17)9-16-6-3-4-11(8-16)10-18-2/h11H,3-10H2,1-2H3,(H2,14,19). The Morgan fingerprint density at radius 2 is 2.32 bits per heavy atom. The van der Waals surface area contributed by atoms with Gasteiger partial charge in [0.1, 0.15) is 0 Å². The highest BCUT2D eigenvalue weighted by Gasteiger charge is 2.22. The Bertz CT molecular complexity index is 310. The maximum absolute atomic E-state index is 12.1. The van der Waals surface area contributed by atoms with Crippen molar-refractivity contribution >= 4 is 23.1 Å². The summed E-state index contributed by atoms with van der Waals surface area (Å²) in [6, 6.07) is 0. The minimum Gasteiger partial charge on any atom is -0.393 e. The second-order valence-electron chi connectivity index (χ2n) is 5.23. The SMILES string of the molecule is COCC1CCCN(CC(=O)N(C)CCC(N)=S)C1. The molecule has 5 nitrogen and oxygen atoms in total. The molecule has 1 aliphatic rings. The third-order valence-electron chi connectivity index (χ3n) is 3.48. The van der Waals surface area contributed by atoms with Gasteiger partial charge < -0.3 is 15.4 Å². The Morgan fingerprint density at radius 3 is 2.95 bits per heavy atom. The van der Waals surface area contributed by atoms with E-state index < -0.39 is 0 Å². The van der Waals surface area contributed by atoms with Crippen LogP contribution in [-0.4, -0.2) is 67.6 Å². The lowest BCUT2D eigenvalue weighted by Gasteiger charge is -2.32. The molecular weight excluding hydrogens is 262 g/mol. The molecule has 0 aromatic carbocycles. The maximum atomic E-state index is 12.1. The topological polar surface area (TPSA) is 58.8 Å². The number of hydrogen-bond acceptors (Lipinski definition) is 4. The van der Waals surface area contributed by atoms with Gasteiger partial charge in [-0.2, -0.15) is 0 Å². The van der Waals surface area contributed by atoms with Gasteiger partial charge in [0.05, 0.1) is 18.1 Å². The summed E-state index contributed by atoms with van der Waals surface area (Å²) in [5.74, 6) is 0.683. The van der Waals surface area contributed by atoms with Crippen LogP contribution in [0.2, 0.25) is 0 Å². The Balaban J connectivity index is 2.32. The molecule has 0 aliphatic carbocycles.